The summed E-state index contributed by atoms with van der Waals surface area (Å²) in [5.41, 5.74) is 1.25. The van der Waals surface area contributed by atoms with Crippen molar-refractivity contribution < 1.29 is 14.3 Å². The van der Waals surface area contributed by atoms with Gasteiger partial charge in [-0.25, -0.2) is 4.79 Å². The van der Waals surface area contributed by atoms with Crippen LogP contribution in [0.4, 0.5) is 4.79 Å². The van der Waals surface area contributed by atoms with E-state index in [0.717, 1.165) is 57.3 Å². The van der Waals surface area contributed by atoms with E-state index in [4.69, 9.17) is 4.74 Å². The van der Waals surface area contributed by atoms with Crippen molar-refractivity contribution in [2.45, 2.75) is 64.0 Å². The molecule has 1 spiro atoms. The molecule has 1 aromatic rings. The minimum absolute atomic E-state index is 0.0466. The quantitative estimate of drug-likeness (QED) is 0.813. The van der Waals surface area contributed by atoms with Crippen molar-refractivity contribution in [3.8, 4) is 0 Å². The fraction of sp³-hybridized carbons (Fsp3) is 0.636. The number of piperidine rings is 2. The lowest BCUT2D eigenvalue weighted by Gasteiger charge is -2.50. The number of hydrogen-bond donors (Lipinski definition) is 0. The summed E-state index contributed by atoms with van der Waals surface area (Å²) in [6, 6.07) is 10.7. The van der Waals surface area contributed by atoms with Crippen molar-refractivity contribution in [1.29, 1.82) is 0 Å². The Kier molecular flexibility index (Phi) is 4.87. The number of benzene rings is 1. The zero-order chi connectivity index (χ0) is 19.0. The third-order valence-electron chi connectivity index (χ3n) is 6.33. The van der Waals surface area contributed by atoms with Gasteiger partial charge in [-0.05, 0) is 56.9 Å². The Bertz CT molecular complexity index is 691. The van der Waals surface area contributed by atoms with Crippen LogP contribution in [0.15, 0.2) is 30.3 Å². The van der Waals surface area contributed by atoms with Gasteiger partial charge in [0.2, 0.25) is 5.91 Å². The van der Waals surface area contributed by atoms with E-state index in [0.29, 0.717) is 11.9 Å². The lowest BCUT2D eigenvalue weighted by molar-refractivity contribution is -0.142. The molecule has 1 aromatic carbocycles. The van der Waals surface area contributed by atoms with Crippen LogP contribution in [0.1, 0.15) is 57.4 Å². The van der Waals surface area contributed by atoms with Crippen molar-refractivity contribution in [3.63, 3.8) is 0 Å². The number of likely N-dealkylation sites (tertiary alicyclic amines) is 2. The molecule has 27 heavy (non-hydrogen) atoms. The summed E-state index contributed by atoms with van der Waals surface area (Å²) < 4.78 is 5.36. The molecular weight excluding hydrogens is 340 g/mol. The van der Waals surface area contributed by atoms with Crippen molar-refractivity contribution in [2.24, 2.45) is 5.41 Å². The van der Waals surface area contributed by atoms with Gasteiger partial charge in [0, 0.05) is 25.7 Å². The zero-order valence-electron chi connectivity index (χ0n) is 16.4. The molecule has 3 aliphatic rings. The minimum atomic E-state index is -0.203. The van der Waals surface area contributed by atoms with E-state index in [-0.39, 0.29) is 23.5 Å². The van der Waals surface area contributed by atoms with E-state index < -0.39 is 0 Å². The van der Waals surface area contributed by atoms with Crippen LogP contribution < -0.4 is 0 Å². The third-order valence-corrected chi connectivity index (χ3v) is 6.33. The second kappa shape index (κ2) is 7.17. The largest absolute Gasteiger partial charge is 0.447 e. The molecule has 2 saturated heterocycles. The SMILES string of the molecule is CC(C)OC(=O)N1CCC2(CC1)C[C@H](c1ccccc1)C(=O)N(C1CC1)C2. The van der Waals surface area contributed by atoms with Crippen LogP contribution in [0, 0.1) is 5.41 Å². The summed E-state index contributed by atoms with van der Waals surface area (Å²) in [6.45, 7) is 6.06. The molecule has 0 unspecified atom stereocenters. The minimum Gasteiger partial charge on any atom is -0.447 e. The molecule has 1 saturated carbocycles. The average Bonchev–Trinajstić information content (AvgIpc) is 3.49. The van der Waals surface area contributed by atoms with Gasteiger partial charge >= 0.3 is 6.09 Å². The van der Waals surface area contributed by atoms with Gasteiger partial charge in [-0.2, -0.15) is 0 Å². The van der Waals surface area contributed by atoms with Gasteiger partial charge < -0.3 is 14.5 Å². The highest BCUT2D eigenvalue weighted by Crippen LogP contribution is 2.48. The Hall–Kier alpha value is -2.04. The van der Waals surface area contributed by atoms with Crippen LogP contribution in [0.25, 0.3) is 0 Å². The van der Waals surface area contributed by atoms with Crippen molar-refractivity contribution in [1.82, 2.24) is 9.80 Å². The monoisotopic (exact) mass is 370 g/mol. The standard InChI is InChI=1S/C22H30N2O3/c1-16(2)27-21(26)23-12-10-22(11-13-23)14-19(17-6-4-3-5-7-17)20(25)24(15-22)18-8-9-18/h3-7,16,18-19H,8-15H2,1-2H3/t19-/m1/s1. The van der Waals surface area contributed by atoms with E-state index in [1.807, 2.05) is 36.9 Å². The molecule has 1 aliphatic carbocycles. The molecule has 2 heterocycles. The molecule has 0 radical (unpaired) electrons. The third kappa shape index (κ3) is 3.83. The molecule has 0 bridgehead atoms. The van der Waals surface area contributed by atoms with Crippen molar-refractivity contribution in [2.75, 3.05) is 19.6 Å². The summed E-state index contributed by atoms with van der Waals surface area (Å²) in [5.74, 6) is 0.255. The number of rotatable bonds is 3. The number of amides is 2. The summed E-state index contributed by atoms with van der Waals surface area (Å²) in [7, 11) is 0. The predicted molar refractivity (Wildman–Crippen MR) is 103 cm³/mol. The molecule has 0 aromatic heterocycles. The zero-order valence-corrected chi connectivity index (χ0v) is 16.4. The Morgan fingerprint density at radius 1 is 1.15 bits per heavy atom. The molecular formula is C22H30N2O3. The van der Waals surface area contributed by atoms with Crippen LogP contribution in [0.3, 0.4) is 0 Å². The van der Waals surface area contributed by atoms with Crippen LogP contribution in [-0.2, 0) is 9.53 Å². The molecule has 2 amide bonds. The second-order valence-electron chi connectivity index (χ2n) is 8.78. The van der Waals surface area contributed by atoms with Crippen molar-refractivity contribution >= 4 is 12.0 Å². The first-order valence-electron chi connectivity index (χ1n) is 10.3. The Labute approximate surface area is 161 Å². The Morgan fingerprint density at radius 2 is 1.81 bits per heavy atom. The molecule has 2 aliphatic heterocycles. The fourth-order valence-corrected chi connectivity index (χ4v) is 4.67. The molecule has 1 atom stereocenters. The van der Waals surface area contributed by atoms with Gasteiger partial charge in [0.25, 0.3) is 0 Å². The topological polar surface area (TPSA) is 49.9 Å². The van der Waals surface area contributed by atoms with Crippen molar-refractivity contribution in [3.05, 3.63) is 35.9 Å². The molecule has 5 heteroatoms. The van der Waals surface area contributed by atoms with Crippen LogP contribution in [0.2, 0.25) is 0 Å². The van der Waals surface area contributed by atoms with Gasteiger partial charge in [0.1, 0.15) is 0 Å². The summed E-state index contributed by atoms with van der Waals surface area (Å²) in [6.07, 6.45) is 4.76. The van der Waals surface area contributed by atoms with Gasteiger partial charge in [-0.1, -0.05) is 30.3 Å². The van der Waals surface area contributed by atoms with Crippen LogP contribution in [-0.4, -0.2) is 53.6 Å². The first-order chi connectivity index (χ1) is 13.0. The molecule has 5 nitrogen and oxygen atoms in total. The van der Waals surface area contributed by atoms with E-state index >= 15 is 0 Å². The normalized spacial score (nSPS) is 25.1. The lowest BCUT2D eigenvalue weighted by Crippen LogP contribution is -2.55. The summed E-state index contributed by atoms with van der Waals surface area (Å²) in [4.78, 5) is 29.4. The van der Waals surface area contributed by atoms with Crippen LogP contribution in [0.5, 0.6) is 0 Å². The average molecular weight is 370 g/mol. The highest BCUT2D eigenvalue weighted by atomic mass is 16.6. The fourth-order valence-electron chi connectivity index (χ4n) is 4.67. The van der Waals surface area contributed by atoms with Gasteiger partial charge in [0.05, 0.1) is 12.0 Å². The maximum absolute atomic E-state index is 13.2. The highest BCUT2D eigenvalue weighted by molar-refractivity contribution is 5.85. The summed E-state index contributed by atoms with van der Waals surface area (Å²) in [5, 5.41) is 0. The lowest BCUT2D eigenvalue weighted by atomic mass is 9.67. The second-order valence-corrected chi connectivity index (χ2v) is 8.78. The number of hydrogen-bond acceptors (Lipinski definition) is 3. The molecule has 146 valence electrons. The van der Waals surface area contributed by atoms with E-state index in [1.165, 1.54) is 0 Å². The smallest absolute Gasteiger partial charge is 0.410 e. The molecule has 3 fully saturated rings. The van der Waals surface area contributed by atoms with Gasteiger partial charge in [-0.3, -0.25) is 4.79 Å². The number of nitrogens with zero attached hydrogens (tertiary/aromatic N) is 2. The van der Waals surface area contributed by atoms with Gasteiger partial charge in [-0.15, -0.1) is 0 Å². The number of carbonyl (C=O) groups excluding carboxylic acids is 2. The Balaban J connectivity index is 1.51. The number of ether oxygens (including phenoxy) is 1. The molecule has 0 N–H and O–H groups in total. The first kappa shape index (κ1) is 18.3. The molecule has 4 rings (SSSR count). The summed E-state index contributed by atoms with van der Waals surface area (Å²) >= 11 is 0. The first-order valence-corrected chi connectivity index (χ1v) is 10.3. The maximum atomic E-state index is 13.2. The van der Waals surface area contributed by atoms with Crippen LogP contribution >= 0.6 is 0 Å². The predicted octanol–water partition coefficient (Wildman–Crippen LogP) is 3.79. The van der Waals surface area contributed by atoms with E-state index in [9.17, 15) is 9.59 Å². The van der Waals surface area contributed by atoms with Gasteiger partial charge in [0.15, 0.2) is 0 Å². The maximum Gasteiger partial charge on any atom is 0.410 e. The number of carbonyl (C=O) groups is 2. The van der Waals surface area contributed by atoms with E-state index in [1.54, 1.807) is 0 Å². The highest BCUT2D eigenvalue weighted by Gasteiger charge is 2.49. The van der Waals surface area contributed by atoms with E-state index in [2.05, 4.69) is 17.0 Å². The Morgan fingerprint density at radius 3 is 2.41 bits per heavy atom.